The fourth-order valence-electron chi connectivity index (χ4n) is 6.06. The van der Waals surface area contributed by atoms with Crippen LogP contribution in [0, 0.1) is 35.5 Å². The zero-order chi connectivity index (χ0) is 24.1. The van der Waals surface area contributed by atoms with Crippen molar-refractivity contribution >= 4 is 23.6 Å². The van der Waals surface area contributed by atoms with Gasteiger partial charge < -0.3 is 9.47 Å². The van der Waals surface area contributed by atoms with Gasteiger partial charge in [0.25, 0.3) is 0 Å². The Morgan fingerprint density at radius 2 is 1.49 bits per heavy atom. The van der Waals surface area contributed by atoms with Crippen LogP contribution >= 0.6 is 0 Å². The number of carbonyl (C=O) groups excluding carboxylic acids is 4. The van der Waals surface area contributed by atoms with E-state index in [-0.39, 0.29) is 41.3 Å². The van der Waals surface area contributed by atoms with E-state index in [1.54, 1.807) is 24.3 Å². The highest BCUT2D eigenvalue weighted by Gasteiger charge is 2.67. The van der Waals surface area contributed by atoms with Crippen molar-refractivity contribution in [1.29, 1.82) is 0 Å². The topological polar surface area (TPSA) is 90.0 Å². The Kier molecular flexibility index (Phi) is 5.28. The number of esters is 1. The van der Waals surface area contributed by atoms with Crippen LogP contribution in [0.1, 0.15) is 22.3 Å². The first-order valence-corrected chi connectivity index (χ1v) is 12.0. The average Bonchev–Trinajstić information content (AvgIpc) is 3.68. The van der Waals surface area contributed by atoms with Crippen LogP contribution in [0.15, 0.2) is 66.7 Å². The van der Waals surface area contributed by atoms with Crippen molar-refractivity contribution < 1.29 is 28.7 Å². The second-order valence-electron chi connectivity index (χ2n) is 9.80. The first kappa shape index (κ1) is 21.8. The number of amides is 2. The van der Waals surface area contributed by atoms with Crippen LogP contribution in [0.4, 0.5) is 0 Å². The van der Waals surface area contributed by atoms with Crippen molar-refractivity contribution in [3.8, 4) is 5.75 Å². The van der Waals surface area contributed by atoms with Gasteiger partial charge in [-0.3, -0.25) is 24.1 Å². The molecule has 7 rings (SSSR count). The summed E-state index contributed by atoms with van der Waals surface area (Å²) in [4.78, 5) is 51.8. The quantitative estimate of drug-likeness (QED) is 0.254. The minimum absolute atomic E-state index is 0.105. The number of hydrogen-bond donors (Lipinski definition) is 0. The van der Waals surface area contributed by atoms with E-state index in [0.717, 1.165) is 16.9 Å². The number of imide groups is 1. The Balaban J connectivity index is 1.01. The van der Waals surface area contributed by atoms with Gasteiger partial charge in [0.2, 0.25) is 11.8 Å². The van der Waals surface area contributed by atoms with E-state index in [9.17, 15) is 19.2 Å². The molecule has 4 aliphatic carbocycles. The summed E-state index contributed by atoms with van der Waals surface area (Å²) in [6, 6.07) is 16.3. The molecule has 3 fully saturated rings. The zero-order valence-corrected chi connectivity index (χ0v) is 19.0. The van der Waals surface area contributed by atoms with Gasteiger partial charge in [-0.05, 0) is 59.9 Å². The monoisotopic (exact) mass is 471 g/mol. The summed E-state index contributed by atoms with van der Waals surface area (Å²) in [5, 5.41) is 0. The number of benzene rings is 2. The molecule has 7 nitrogen and oxygen atoms in total. The number of ketones is 1. The summed E-state index contributed by atoms with van der Waals surface area (Å²) in [6.45, 7) is -0.484. The molecule has 0 radical (unpaired) electrons. The van der Waals surface area contributed by atoms with Crippen LogP contribution in [0.5, 0.6) is 5.75 Å². The number of rotatable bonds is 8. The maximum Gasteiger partial charge on any atom is 0.326 e. The molecule has 2 bridgehead atoms. The van der Waals surface area contributed by atoms with Crippen LogP contribution < -0.4 is 4.74 Å². The Hall–Kier alpha value is -3.74. The molecule has 1 aliphatic heterocycles. The van der Waals surface area contributed by atoms with Crippen LogP contribution in [0.3, 0.4) is 0 Å². The molecule has 7 heteroatoms. The van der Waals surface area contributed by atoms with E-state index in [0.29, 0.717) is 29.8 Å². The van der Waals surface area contributed by atoms with Crippen molar-refractivity contribution in [2.24, 2.45) is 35.5 Å². The second-order valence-corrected chi connectivity index (χ2v) is 9.80. The standard InChI is InChI=1S/C28H25NO6/c30-23(17-6-8-18(9-7-17)34-14-16-4-2-1-3-5-16)15-35-24(31)13-29-27(32)25-19-10-11-20(22-12-21(19)22)26(25)28(29)33/h1-11,19-22,25-26H,12-15H2/t19-,20-,21-,22+,25-,26+/m1/s1. The highest BCUT2D eigenvalue weighted by atomic mass is 16.5. The van der Waals surface area contributed by atoms with Crippen LogP contribution in [0.2, 0.25) is 0 Å². The minimum Gasteiger partial charge on any atom is -0.489 e. The zero-order valence-electron chi connectivity index (χ0n) is 19.0. The lowest BCUT2D eigenvalue weighted by atomic mass is 9.63. The van der Waals surface area contributed by atoms with Gasteiger partial charge in [-0.15, -0.1) is 0 Å². The van der Waals surface area contributed by atoms with Crippen LogP contribution in [-0.4, -0.2) is 41.6 Å². The average molecular weight is 472 g/mol. The molecule has 6 atom stereocenters. The molecule has 0 aromatic heterocycles. The highest BCUT2D eigenvalue weighted by Crippen LogP contribution is 2.65. The normalized spacial score (nSPS) is 29.5. The third kappa shape index (κ3) is 3.85. The third-order valence-corrected chi connectivity index (χ3v) is 7.83. The number of ether oxygens (including phenoxy) is 2. The molecule has 0 unspecified atom stereocenters. The van der Waals surface area contributed by atoms with E-state index in [2.05, 4.69) is 12.2 Å². The van der Waals surface area contributed by atoms with Crippen molar-refractivity contribution in [1.82, 2.24) is 4.90 Å². The van der Waals surface area contributed by atoms with Gasteiger partial charge in [-0.1, -0.05) is 42.5 Å². The molecule has 2 amide bonds. The SMILES string of the molecule is O=C(CN1C(=O)[C@@H]2[C@@H]3C=C[C@H]([C@@H]4C[C@H]34)[C@@H]2C1=O)OCC(=O)c1ccc(OCc2ccccc2)cc1. The molecule has 178 valence electrons. The van der Waals surface area contributed by atoms with E-state index in [4.69, 9.17) is 9.47 Å². The number of hydrogen-bond acceptors (Lipinski definition) is 6. The van der Waals surface area contributed by atoms with Gasteiger partial charge in [0.1, 0.15) is 18.9 Å². The fourth-order valence-corrected chi connectivity index (χ4v) is 6.06. The first-order valence-electron chi connectivity index (χ1n) is 12.0. The molecule has 2 saturated carbocycles. The predicted octanol–water partition coefficient (Wildman–Crippen LogP) is 3.04. The van der Waals surface area contributed by atoms with E-state index < -0.39 is 19.1 Å². The van der Waals surface area contributed by atoms with Gasteiger partial charge in [-0.2, -0.15) is 0 Å². The van der Waals surface area contributed by atoms with E-state index in [1.165, 1.54) is 0 Å². The molecule has 1 saturated heterocycles. The summed E-state index contributed by atoms with van der Waals surface area (Å²) in [5.41, 5.74) is 1.42. The number of likely N-dealkylation sites (tertiary alicyclic amines) is 1. The number of nitrogens with zero attached hydrogens (tertiary/aromatic N) is 1. The summed E-state index contributed by atoms with van der Waals surface area (Å²) in [5.74, 6) is -0.548. The fraction of sp³-hybridized carbons (Fsp3) is 0.357. The minimum atomic E-state index is -0.757. The molecule has 0 N–H and O–H groups in total. The Morgan fingerprint density at radius 1 is 0.857 bits per heavy atom. The lowest BCUT2D eigenvalue weighted by Gasteiger charge is -2.37. The molecule has 5 aliphatic rings. The van der Waals surface area contributed by atoms with Gasteiger partial charge in [0.15, 0.2) is 12.4 Å². The lowest BCUT2D eigenvalue weighted by molar-refractivity contribution is -0.152. The van der Waals surface area contributed by atoms with Crippen molar-refractivity contribution in [2.45, 2.75) is 13.0 Å². The number of carbonyl (C=O) groups is 4. The third-order valence-electron chi connectivity index (χ3n) is 7.83. The summed E-state index contributed by atoms with van der Waals surface area (Å²) in [7, 11) is 0. The van der Waals surface area contributed by atoms with Crippen molar-refractivity contribution in [3.63, 3.8) is 0 Å². The number of allylic oxidation sites excluding steroid dienone is 2. The van der Waals surface area contributed by atoms with Gasteiger partial charge in [0, 0.05) is 5.56 Å². The second kappa shape index (κ2) is 8.48. The highest BCUT2D eigenvalue weighted by molar-refractivity contribution is 6.08. The molecular formula is C28H25NO6. The molecule has 35 heavy (non-hydrogen) atoms. The largest absolute Gasteiger partial charge is 0.489 e. The van der Waals surface area contributed by atoms with Crippen LogP contribution in [-0.2, 0) is 25.7 Å². The first-order chi connectivity index (χ1) is 17.0. The van der Waals surface area contributed by atoms with Crippen molar-refractivity contribution in [3.05, 3.63) is 77.9 Å². The van der Waals surface area contributed by atoms with Gasteiger partial charge in [-0.25, -0.2) is 0 Å². The number of Topliss-reactive ketones (excluding diaryl/α,β-unsaturated/α-hetero) is 1. The summed E-state index contributed by atoms with van der Waals surface area (Å²) in [6.07, 6.45) is 5.26. The molecule has 0 spiro atoms. The van der Waals surface area contributed by atoms with Gasteiger partial charge >= 0.3 is 5.97 Å². The Bertz CT molecular complexity index is 1180. The summed E-state index contributed by atoms with van der Waals surface area (Å²) < 4.78 is 10.8. The lowest BCUT2D eigenvalue weighted by Crippen LogP contribution is -2.40. The maximum absolute atomic E-state index is 13.0. The Morgan fingerprint density at radius 3 is 2.11 bits per heavy atom. The predicted molar refractivity (Wildman–Crippen MR) is 124 cm³/mol. The van der Waals surface area contributed by atoms with Gasteiger partial charge in [0.05, 0.1) is 11.8 Å². The van der Waals surface area contributed by atoms with E-state index >= 15 is 0 Å². The molecule has 2 aromatic rings. The van der Waals surface area contributed by atoms with Crippen molar-refractivity contribution in [2.75, 3.05) is 13.2 Å². The maximum atomic E-state index is 13.0. The molecule has 1 heterocycles. The molecule has 2 aromatic carbocycles. The van der Waals surface area contributed by atoms with E-state index in [1.807, 2.05) is 30.3 Å². The summed E-state index contributed by atoms with van der Waals surface area (Å²) >= 11 is 0. The Labute approximate surface area is 202 Å². The smallest absolute Gasteiger partial charge is 0.326 e. The van der Waals surface area contributed by atoms with Crippen LogP contribution in [0.25, 0.3) is 0 Å². The molecular weight excluding hydrogens is 446 g/mol.